The van der Waals surface area contributed by atoms with Gasteiger partial charge in [0.1, 0.15) is 0 Å². The van der Waals surface area contributed by atoms with Crippen molar-refractivity contribution in [3.05, 3.63) is 0 Å². The molecule has 2 fully saturated rings. The van der Waals surface area contributed by atoms with Gasteiger partial charge in [-0.3, -0.25) is 0 Å². The van der Waals surface area contributed by atoms with Crippen molar-refractivity contribution in [2.45, 2.75) is 18.5 Å². The van der Waals surface area contributed by atoms with E-state index in [1.165, 1.54) is 19.5 Å². The molecule has 0 aromatic heterocycles. The Kier molecular flexibility index (Phi) is 0.664. The fraction of sp³-hybridized carbons (Fsp3) is 1.00. The highest BCUT2D eigenvalue weighted by Crippen LogP contribution is 2.15. The minimum atomic E-state index is 0.841. The van der Waals surface area contributed by atoms with Gasteiger partial charge < -0.3 is 10.6 Å². The smallest absolute Gasteiger partial charge is 0.0350 e. The van der Waals surface area contributed by atoms with Crippen molar-refractivity contribution < 1.29 is 0 Å². The zero-order valence-corrected chi connectivity index (χ0v) is 4.28. The summed E-state index contributed by atoms with van der Waals surface area (Å²) in [5.41, 5.74) is 0. The molecule has 2 atom stereocenters. The highest BCUT2D eigenvalue weighted by Gasteiger charge is 2.37. The van der Waals surface area contributed by atoms with Gasteiger partial charge in [0.15, 0.2) is 0 Å². The molecule has 1 unspecified atom stereocenters. The van der Waals surface area contributed by atoms with Gasteiger partial charge in [-0.1, -0.05) is 0 Å². The predicted molar refractivity (Wildman–Crippen MR) is 28.2 cm³/mol. The normalized spacial score (nSPS) is 48.0. The summed E-state index contributed by atoms with van der Waals surface area (Å²) in [6.45, 7) is 2.42. The molecular formula is C5H10N2. The van der Waals surface area contributed by atoms with Gasteiger partial charge in [-0.05, 0) is 13.0 Å². The molecule has 0 aromatic carbocycles. The molecule has 2 heteroatoms. The predicted octanol–water partition coefficient (Wildman–Crippen LogP) is -0.680. The van der Waals surface area contributed by atoms with Crippen LogP contribution in [-0.4, -0.2) is 25.2 Å². The molecule has 0 aromatic rings. The van der Waals surface area contributed by atoms with E-state index in [0.29, 0.717) is 0 Å². The van der Waals surface area contributed by atoms with E-state index in [9.17, 15) is 0 Å². The lowest BCUT2D eigenvalue weighted by atomic mass is 10.2. The third kappa shape index (κ3) is 0.545. The Balaban J connectivity index is 1.95. The van der Waals surface area contributed by atoms with E-state index in [1.54, 1.807) is 0 Å². The molecule has 40 valence electrons. The van der Waals surface area contributed by atoms with Gasteiger partial charge in [-0.25, -0.2) is 0 Å². The minimum absolute atomic E-state index is 0.841. The number of nitrogens with one attached hydrogen (secondary N) is 2. The summed E-state index contributed by atoms with van der Waals surface area (Å²) in [5.74, 6) is 0. The van der Waals surface area contributed by atoms with Crippen molar-refractivity contribution in [2.24, 2.45) is 0 Å². The molecule has 2 saturated heterocycles. The number of hydrogen-bond acceptors (Lipinski definition) is 2. The van der Waals surface area contributed by atoms with Crippen molar-refractivity contribution in [1.29, 1.82) is 0 Å². The average Bonchev–Trinajstić information content (AvgIpc) is 2.41. The van der Waals surface area contributed by atoms with E-state index >= 15 is 0 Å². The van der Waals surface area contributed by atoms with Crippen molar-refractivity contribution in [3.8, 4) is 0 Å². The summed E-state index contributed by atoms with van der Waals surface area (Å²) in [5, 5.41) is 6.68. The summed E-state index contributed by atoms with van der Waals surface area (Å²) >= 11 is 0. The van der Waals surface area contributed by atoms with E-state index in [2.05, 4.69) is 10.6 Å². The van der Waals surface area contributed by atoms with Crippen LogP contribution in [0.25, 0.3) is 0 Å². The lowest BCUT2D eigenvalue weighted by molar-refractivity contribution is 0.584. The van der Waals surface area contributed by atoms with Gasteiger partial charge in [0.2, 0.25) is 0 Å². The monoisotopic (exact) mass is 98.1 g/mol. The van der Waals surface area contributed by atoms with E-state index in [4.69, 9.17) is 0 Å². The average molecular weight is 98.1 g/mol. The third-order valence-electron chi connectivity index (χ3n) is 1.80. The Morgan fingerprint density at radius 2 is 2.29 bits per heavy atom. The SMILES string of the molecule is C1CC2N[C@H]2CN1. The van der Waals surface area contributed by atoms with Crippen LogP contribution in [0.5, 0.6) is 0 Å². The first-order valence-electron chi connectivity index (χ1n) is 2.93. The fourth-order valence-electron chi connectivity index (χ4n) is 1.22. The van der Waals surface area contributed by atoms with Crippen LogP contribution in [0, 0.1) is 0 Å². The first-order valence-corrected chi connectivity index (χ1v) is 2.93. The van der Waals surface area contributed by atoms with E-state index in [-0.39, 0.29) is 0 Å². The van der Waals surface area contributed by atoms with Crippen LogP contribution in [-0.2, 0) is 0 Å². The van der Waals surface area contributed by atoms with E-state index in [0.717, 1.165) is 12.1 Å². The Morgan fingerprint density at radius 3 is 2.86 bits per heavy atom. The first-order chi connectivity index (χ1) is 3.47. The molecule has 2 nitrogen and oxygen atoms in total. The van der Waals surface area contributed by atoms with Crippen LogP contribution in [0.4, 0.5) is 0 Å². The molecule has 2 heterocycles. The second kappa shape index (κ2) is 1.20. The number of rotatable bonds is 0. The summed E-state index contributed by atoms with van der Waals surface area (Å²) in [4.78, 5) is 0. The van der Waals surface area contributed by atoms with Gasteiger partial charge >= 0.3 is 0 Å². The zero-order chi connectivity index (χ0) is 4.69. The minimum Gasteiger partial charge on any atom is -0.315 e. The number of piperidine rings is 1. The van der Waals surface area contributed by atoms with Crippen molar-refractivity contribution in [2.75, 3.05) is 13.1 Å². The summed E-state index contributed by atoms with van der Waals surface area (Å²) in [6, 6.07) is 1.73. The van der Waals surface area contributed by atoms with Crippen molar-refractivity contribution >= 4 is 0 Å². The van der Waals surface area contributed by atoms with E-state index < -0.39 is 0 Å². The first kappa shape index (κ1) is 3.87. The molecule has 0 amide bonds. The largest absolute Gasteiger partial charge is 0.315 e. The fourth-order valence-corrected chi connectivity index (χ4v) is 1.22. The third-order valence-corrected chi connectivity index (χ3v) is 1.80. The standard InChI is InChI=1S/C5H10N2/c1-2-6-3-5-4(1)7-5/h4-7H,1-3H2/t4?,5-/m0/s1. The van der Waals surface area contributed by atoms with Crippen LogP contribution in [0.3, 0.4) is 0 Å². The van der Waals surface area contributed by atoms with Gasteiger partial charge in [0.05, 0.1) is 0 Å². The second-order valence-corrected chi connectivity index (χ2v) is 2.37. The number of fused-ring (bicyclic) bond motifs is 1. The Morgan fingerprint density at radius 1 is 1.29 bits per heavy atom. The quantitative estimate of drug-likeness (QED) is 0.394. The van der Waals surface area contributed by atoms with Gasteiger partial charge in [-0.2, -0.15) is 0 Å². The molecule has 2 aliphatic heterocycles. The van der Waals surface area contributed by atoms with Gasteiger partial charge in [0.25, 0.3) is 0 Å². The van der Waals surface area contributed by atoms with Crippen molar-refractivity contribution in [3.63, 3.8) is 0 Å². The van der Waals surface area contributed by atoms with Crippen LogP contribution >= 0.6 is 0 Å². The van der Waals surface area contributed by atoms with Crippen molar-refractivity contribution in [1.82, 2.24) is 10.6 Å². The van der Waals surface area contributed by atoms with Crippen LogP contribution in [0.2, 0.25) is 0 Å². The van der Waals surface area contributed by atoms with Gasteiger partial charge in [0, 0.05) is 18.6 Å². The van der Waals surface area contributed by atoms with Crippen LogP contribution in [0.1, 0.15) is 6.42 Å². The maximum absolute atomic E-state index is 3.37. The molecule has 2 N–H and O–H groups in total. The molecular weight excluding hydrogens is 88.1 g/mol. The lowest BCUT2D eigenvalue weighted by Gasteiger charge is -2.05. The molecule has 0 bridgehead atoms. The molecule has 0 spiro atoms. The summed E-state index contributed by atoms with van der Waals surface area (Å²) < 4.78 is 0. The highest BCUT2D eigenvalue weighted by molar-refractivity contribution is 5.02. The maximum Gasteiger partial charge on any atom is 0.0350 e. The number of hydrogen-bond donors (Lipinski definition) is 2. The molecule has 2 aliphatic rings. The van der Waals surface area contributed by atoms with Crippen LogP contribution < -0.4 is 10.6 Å². The summed E-state index contributed by atoms with van der Waals surface area (Å²) in [6.07, 6.45) is 1.34. The summed E-state index contributed by atoms with van der Waals surface area (Å²) in [7, 11) is 0. The molecule has 0 saturated carbocycles. The molecule has 0 radical (unpaired) electrons. The topological polar surface area (TPSA) is 34.0 Å². The van der Waals surface area contributed by atoms with Gasteiger partial charge in [-0.15, -0.1) is 0 Å². The Bertz CT molecular complexity index is 72.1. The molecule has 7 heavy (non-hydrogen) atoms. The zero-order valence-electron chi connectivity index (χ0n) is 4.28. The second-order valence-electron chi connectivity index (χ2n) is 2.37. The Hall–Kier alpha value is -0.0800. The van der Waals surface area contributed by atoms with Crippen LogP contribution in [0.15, 0.2) is 0 Å². The van der Waals surface area contributed by atoms with E-state index in [1.807, 2.05) is 0 Å². The molecule has 2 rings (SSSR count). The Labute approximate surface area is 43.3 Å². The highest BCUT2D eigenvalue weighted by atomic mass is 15.2. The maximum atomic E-state index is 3.37. The lowest BCUT2D eigenvalue weighted by Crippen LogP contribution is -2.28. The molecule has 0 aliphatic carbocycles.